The highest BCUT2D eigenvalue weighted by Crippen LogP contribution is 2.35. The summed E-state index contributed by atoms with van der Waals surface area (Å²) >= 11 is 0. The van der Waals surface area contributed by atoms with E-state index in [4.69, 9.17) is 4.74 Å². The maximum absolute atomic E-state index is 13.0. The molecule has 0 spiro atoms. The summed E-state index contributed by atoms with van der Waals surface area (Å²) in [5.74, 6) is 0.643. The summed E-state index contributed by atoms with van der Waals surface area (Å²) in [5, 5.41) is 1.07. The van der Waals surface area contributed by atoms with Crippen molar-refractivity contribution in [1.29, 1.82) is 0 Å². The SMILES string of the molecule is CCOc1ccc(S(=O)(=O)N2CCC(c3cn(CC=O)c4cnccc34)CC2)cn1. The van der Waals surface area contributed by atoms with Crippen molar-refractivity contribution >= 4 is 27.2 Å². The summed E-state index contributed by atoms with van der Waals surface area (Å²) in [6, 6.07) is 5.08. The van der Waals surface area contributed by atoms with E-state index in [1.165, 1.54) is 10.5 Å². The zero-order valence-corrected chi connectivity index (χ0v) is 17.6. The Morgan fingerprint density at radius 2 is 2.00 bits per heavy atom. The van der Waals surface area contributed by atoms with Gasteiger partial charge in [0.2, 0.25) is 15.9 Å². The molecule has 158 valence electrons. The lowest BCUT2D eigenvalue weighted by atomic mass is 9.90. The number of fused-ring (bicyclic) bond motifs is 1. The topological polar surface area (TPSA) is 94.4 Å². The third kappa shape index (κ3) is 3.82. The number of nitrogens with zero attached hydrogens (tertiary/aromatic N) is 4. The Morgan fingerprint density at radius 3 is 2.67 bits per heavy atom. The van der Waals surface area contributed by atoms with Gasteiger partial charge in [-0.25, -0.2) is 13.4 Å². The summed E-state index contributed by atoms with van der Waals surface area (Å²) < 4.78 is 34.7. The fourth-order valence-electron chi connectivity index (χ4n) is 4.03. The maximum atomic E-state index is 13.0. The zero-order valence-electron chi connectivity index (χ0n) is 16.8. The van der Waals surface area contributed by atoms with Gasteiger partial charge in [0.15, 0.2) is 0 Å². The Kier molecular flexibility index (Phi) is 5.83. The van der Waals surface area contributed by atoms with Gasteiger partial charge in [0.1, 0.15) is 11.2 Å². The van der Waals surface area contributed by atoms with Crippen molar-refractivity contribution in [2.24, 2.45) is 0 Å². The summed E-state index contributed by atoms with van der Waals surface area (Å²) in [7, 11) is -3.59. The number of ether oxygens (including phenoxy) is 1. The molecule has 1 saturated heterocycles. The predicted molar refractivity (Wildman–Crippen MR) is 112 cm³/mol. The molecule has 0 radical (unpaired) electrons. The van der Waals surface area contributed by atoms with Crippen LogP contribution in [0, 0.1) is 0 Å². The Labute approximate surface area is 175 Å². The Bertz CT molecular complexity index is 1130. The smallest absolute Gasteiger partial charge is 0.244 e. The molecule has 0 bridgehead atoms. The largest absolute Gasteiger partial charge is 0.478 e. The van der Waals surface area contributed by atoms with Crippen molar-refractivity contribution in [3.63, 3.8) is 0 Å². The monoisotopic (exact) mass is 428 g/mol. The molecular weight excluding hydrogens is 404 g/mol. The quantitative estimate of drug-likeness (QED) is 0.537. The molecule has 0 saturated carbocycles. The minimum Gasteiger partial charge on any atom is -0.478 e. The van der Waals surface area contributed by atoms with E-state index in [2.05, 4.69) is 9.97 Å². The normalized spacial score (nSPS) is 16.0. The first kappa shape index (κ1) is 20.5. The summed E-state index contributed by atoms with van der Waals surface area (Å²) in [6.07, 6.45) is 9.17. The highest BCUT2D eigenvalue weighted by Gasteiger charge is 2.31. The number of carbonyl (C=O) groups excluding carboxylic acids is 1. The predicted octanol–water partition coefficient (Wildman–Crippen LogP) is 2.60. The third-order valence-corrected chi connectivity index (χ3v) is 7.40. The zero-order chi connectivity index (χ0) is 21.1. The molecule has 8 nitrogen and oxygen atoms in total. The number of hydrogen-bond donors (Lipinski definition) is 0. The molecule has 9 heteroatoms. The summed E-state index contributed by atoms with van der Waals surface area (Å²) in [6.45, 7) is 3.48. The van der Waals surface area contributed by atoms with Gasteiger partial charge in [0.05, 0.1) is 31.1 Å². The highest BCUT2D eigenvalue weighted by molar-refractivity contribution is 7.89. The molecule has 4 heterocycles. The lowest BCUT2D eigenvalue weighted by Crippen LogP contribution is -2.37. The number of piperidine rings is 1. The first-order valence-corrected chi connectivity index (χ1v) is 11.4. The van der Waals surface area contributed by atoms with Gasteiger partial charge in [-0.15, -0.1) is 0 Å². The van der Waals surface area contributed by atoms with E-state index >= 15 is 0 Å². The average Bonchev–Trinajstić information content (AvgIpc) is 3.13. The second kappa shape index (κ2) is 8.53. The van der Waals surface area contributed by atoms with E-state index < -0.39 is 10.0 Å². The van der Waals surface area contributed by atoms with Crippen molar-refractivity contribution in [3.05, 3.63) is 48.5 Å². The number of aldehydes is 1. The molecule has 1 aliphatic rings. The van der Waals surface area contributed by atoms with Crippen LogP contribution in [0.3, 0.4) is 0 Å². The van der Waals surface area contributed by atoms with Crippen LogP contribution in [0.5, 0.6) is 5.88 Å². The lowest BCUT2D eigenvalue weighted by molar-refractivity contribution is -0.108. The van der Waals surface area contributed by atoms with Crippen LogP contribution in [0.15, 0.2) is 47.9 Å². The van der Waals surface area contributed by atoms with Crippen molar-refractivity contribution in [1.82, 2.24) is 18.8 Å². The van der Waals surface area contributed by atoms with Crippen LogP contribution in [-0.4, -0.2) is 53.2 Å². The minimum atomic E-state index is -3.59. The van der Waals surface area contributed by atoms with Gasteiger partial charge in [-0.05, 0) is 43.4 Å². The van der Waals surface area contributed by atoms with Crippen LogP contribution in [0.4, 0.5) is 0 Å². The van der Waals surface area contributed by atoms with Crippen LogP contribution >= 0.6 is 0 Å². The fraction of sp³-hybridized carbons (Fsp3) is 0.381. The van der Waals surface area contributed by atoms with Gasteiger partial charge in [0.25, 0.3) is 0 Å². The molecule has 3 aromatic heterocycles. The standard InChI is InChI=1S/C21H24N4O4S/c1-2-29-21-4-3-17(13-23-21)30(27,28)25-9-6-16(7-10-25)19-15-24(11-12-26)20-14-22-8-5-18(19)20/h3-5,8,12-16H,2,6-7,9-11H2,1H3. The number of hydrogen-bond acceptors (Lipinski definition) is 6. The van der Waals surface area contributed by atoms with E-state index in [9.17, 15) is 13.2 Å². The van der Waals surface area contributed by atoms with Gasteiger partial charge in [0, 0.05) is 36.9 Å². The molecule has 0 unspecified atom stereocenters. The van der Waals surface area contributed by atoms with Gasteiger partial charge in [-0.1, -0.05) is 0 Å². The van der Waals surface area contributed by atoms with E-state index in [1.54, 1.807) is 24.5 Å². The van der Waals surface area contributed by atoms with E-state index in [0.717, 1.165) is 22.8 Å². The van der Waals surface area contributed by atoms with Gasteiger partial charge in [-0.3, -0.25) is 4.98 Å². The molecular formula is C21H24N4O4S. The molecule has 0 N–H and O–H groups in total. The number of pyridine rings is 2. The molecule has 4 rings (SSSR count). The molecule has 0 aliphatic carbocycles. The molecule has 0 amide bonds. The first-order valence-electron chi connectivity index (χ1n) is 10.00. The minimum absolute atomic E-state index is 0.179. The highest BCUT2D eigenvalue weighted by atomic mass is 32.2. The van der Waals surface area contributed by atoms with Crippen LogP contribution < -0.4 is 4.74 Å². The lowest BCUT2D eigenvalue weighted by Gasteiger charge is -2.31. The Balaban J connectivity index is 1.51. The Hall–Kier alpha value is -2.78. The Morgan fingerprint density at radius 1 is 1.20 bits per heavy atom. The summed E-state index contributed by atoms with van der Waals surface area (Å²) in [4.78, 5) is 19.5. The molecule has 30 heavy (non-hydrogen) atoms. The second-order valence-corrected chi connectivity index (χ2v) is 9.18. The second-order valence-electron chi connectivity index (χ2n) is 7.24. The molecule has 1 aliphatic heterocycles. The number of carbonyl (C=O) groups is 1. The van der Waals surface area contributed by atoms with Crippen molar-refractivity contribution in [3.8, 4) is 5.88 Å². The van der Waals surface area contributed by atoms with Crippen molar-refractivity contribution < 1.29 is 17.9 Å². The van der Waals surface area contributed by atoms with Crippen LogP contribution in [0.2, 0.25) is 0 Å². The third-order valence-electron chi connectivity index (χ3n) is 5.52. The van der Waals surface area contributed by atoms with Crippen LogP contribution in [0.25, 0.3) is 10.9 Å². The van der Waals surface area contributed by atoms with Gasteiger partial charge in [-0.2, -0.15) is 4.31 Å². The molecule has 0 aromatic carbocycles. The van der Waals surface area contributed by atoms with Crippen molar-refractivity contribution in [2.75, 3.05) is 19.7 Å². The van der Waals surface area contributed by atoms with E-state index in [1.807, 2.05) is 23.8 Å². The number of rotatable bonds is 7. The fourth-order valence-corrected chi connectivity index (χ4v) is 5.45. The maximum Gasteiger partial charge on any atom is 0.244 e. The summed E-state index contributed by atoms with van der Waals surface area (Å²) in [5.41, 5.74) is 2.07. The molecule has 0 atom stereocenters. The first-order chi connectivity index (χ1) is 14.5. The number of sulfonamides is 1. The average molecular weight is 429 g/mol. The van der Waals surface area contributed by atoms with Gasteiger partial charge < -0.3 is 14.1 Å². The number of aromatic nitrogens is 3. The van der Waals surface area contributed by atoms with Crippen molar-refractivity contribution in [2.45, 2.75) is 37.1 Å². The van der Waals surface area contributed by atoms with Crippen LogP contribution in [-0.2, 0) is 21.4 Å². The molecule has 3 aromatic rings. The van der Waals surface area contributed by atoms with E-state index in [-0.39, 0.29) is 17.4 Å². The van der Waals surface area contributed by atoms with E-state index in [0.29, 0.717) is 38.4 Å². The van der Waals surface area contributed by atoms with Crippen LogP contribution in [0.1, 0.15) is 31.2 Å². The molecule has 1 fully saturated rings. The van der Waals surface area contributed by atoms with Gasteiger partial charge >= 0.3 is 0 Å².